The van der Waals surface area contributed by atoms with Crippen molar-refractivity contribution in [2.75, 3.05) is 6.61 Å². The lowest BCUT2D eigenvalue weighted by atomic mass is 9.93. The zero-order chi connectivity index (χ0) is 11.7. The third kappa shape index (κ3) is 11.4. The number of hydrogen-bond acceptors (Lipinski definition) is 3. The Balaban J connectivity index is 3.32. The fourth-order valence-corrected chi connectivity index (χ4v) is 1.16. The van der Waals surface area contributed by atoms with Crippen LogP contribution in [-0.4, -0.2) is 12.6 Å². The van der Waals surface area contributed by atoms with Gasteiger partial charge in [0.15, 0.2) is 0 Å². The number of unbranched alkanes of at least 4 members (excludes halogenated alkanes) is 3. The van der Waals surface area contributed by atoms with Crippen molar-refractivity contribution < 1.29 is 14.6 Å². The van der Waals surface area contributed by atoms with Gasteiger partial charge in [0.1, 0.15) is 0 Å². The molecule has 0 bridgehead atoms. The number of hydrogen-bond donors (Lipinski definition) is 0. The van der Waals surface area contributed by atoms with Crippen LogP contribution in [0.2, 0.25) is 0 Å². The van der Waals surface area contributed by atoms with Gasteiger partial charge in [-0.3, -0.25) is 4.89 Å². The molecule has 0 aromatic rings. The summed E-state index contributed by atoms with van der Waals surface area (Å²) in [6.45, 7) is 8.65. The summed E-state index contributed by atoms with van der Waals surface area (Å²) in [5.41, 5.74) is -0.0390. The molecule has 3 nitrogen and oxygen atoms in total. The van der Waals surface area contributed by atoms with Crippen LogP contribution in [0.25, 0.3) is 0 Å². The fourth-order valence-electron chi connectivity index (χ4n) is 1.16. The van der Waals surface area contributed by atoms with E-state index in [9.17, 15) is 4.79 Å². The molecule has 0 radical (unpaired) electrons. The Hall–Kier alpha value is -0.570. The van der Waals surface area contributed by atoms with E-state index in [4.69, 9.17) is 4.89 Å². The topological polar surface area (TPSA) is 35.5 Å². The van der Waals surface area contributed by atoms with E-state index in [1.807, 2.05) is 20.8 Å². The molecule has 0 aromatic heterocycles. The molecule has 0 heterocycles. The van der Waals surface area contributed by atoms with Crippen molar-refractivity contribution in [2.45, 2.75) is 59.8 Å². The summed E-state index contributed by atoms with van der Waals surface area (Å²) >= 11 is 0. The molecule has 0 fully saturated rings. The van der Waals surface area contributed by atoms with Crippen LogP contribution in [-0.2, 0) is 14.6 Å². The Bertz CT molecular complexity index is 170. The molecule has 0 atom stereocenters. The second-order valence-corrected chi connectivity index (χ2v) is 5.08. The van der Waals surface area contributed by atoms with Crippen molar-refractivity contribution in [3.05, 3.63) is 0 Å². The van der Waals surface area contributed by atoms with Crippen molar-refractivity contribution in [2.24, 2.45) is 5.41 Å². The summed E-state index contributed by atoms with van der Waals surface area (Å²) in [4.78, 5) is 20.7. The zero-order valence-electron chi connectivity index (χ0n) is 10.5. The molecule has 0 aromatic carbocycles. The number of rotatable bonds is 7. The predicted molar refractivity (Wildman–Crippen MR) is 60.3 cm³/mol. The van der Waals surface area contributed by atoms with E-state index >= 15 is 0 Å². The summed E-state index contributed by atoms with van der Waals surface area (Å²) in [6.07, 6.45) is 4.88. The molecule has 90 valence electrons. The molecule has 0 unspecified atom stereocenters. The minimum absolute atomic E-state index is 0.0390. The minimum Gasteiger partial charge on any atom is -0.298 e. The molecule has 0 aliphatic carbocycles. The van der Waals surface area contributed by atoms with Gasteiger partial charge < -0.3 is 0 Å². The largest absolute Gasteiger partial charge is 0.342 e. The van der Waals surface area contributed by atoms with Crippen molar-refractivity contribution in [3.63, 3.8) is 0 Å². The summed E-state index contributed by atoms with van der Waals surface area (Å²) in [6, 6.07) is 0. The maximum absolute atomic E-state index is 11.2. The van der Waals surface area contributed by atoms with Gasteiger partial charge in [-0.05, 0) is 11.8 Å². The summed E-state index contributed by atoms with van der Waals surface area (Å²) in [5, 5.41) is 0. The molecule has 0 saturated carbocycles. The Morgan fingerprint density at radius 2 is 1.80 bits per heavy atom. The molecule has 3 heteroatoms. The van der Waals surface area contributed by atoms with E-state index in [1.165, 1.54) is 12.8 Å². The van der Waals surface area contributed by atoms with E-state index in [-0.39, 0.29) is 11.4 Å². The smallest absolute Gasteiger partial charge is 0.298 e. The highest BCUT2D eigenvalue weighted by atomic mass is 17.2. The van der Waals surface area contributed by atoms with Gasteiger partial charge >= 0.3 is 5.97 Å². The summed E-state index contributed by atoms with van der Waals surface area (Å²) in [7, 11) is 0. The van der Waals surface area contributed by atoms with E-state index in [1.54, 1.807) is 0 Å². The molecule has 0 aliphatic rings. The highest BCUT2D eigenvalue weighted by Gasteiger charge is 2.17. The first-order valence-corrected chi connectivity index (χ1v) is 5.78. The maximum Gasteiger partial charge on any atom is 0.342 e. The molecule has 0 rings (SSSR count). The highest BCUT2D eigenvalue weighted by molar-refractivity contribution is 5.69. The Morgan fingerprint density at radius 1 is 1.13 bits per heavy atom. The van der Waals surface area contributed by atoms with Crippen LogP contribution < -0.4 is 0 Å². The van der Waals surface area contributed by atoms with E-state index in [0.717, 1.165) is 12.8 Å². The van der Waals surface area contributed by atoms with Crippen LogP contribution in [0.5, 0.6) is 0 Å². The molecule has 0 aliphatic heterocycles. The molecule has 0 amide bonds. The zero-order valence-corrected chi connectivity index (χ0v) is 10.5. The van der Waals surface area contributed by atoms with Crippen LogP contribution >= 0.6 is 0 Å². The third-order valence-corrected chi connectivity index (χ3v) is 1.91. The van der Waals surface area contributed by atoms with E-state index in [0.29, 0.717) is 13.0 Å². The quantitative estimate of drug-likeness (QED) is 0.371. The fraction of sp³-hybridized carbons (Fsp3) is 0.917. The van der Waals surface area contributed by atoms with Crippen molar-refractivity contribution in [3.8, 4) is 0 Å². The highest BCUT2D eigenvalue weighted by Crippen LogP contribution is 2.18. The van der Waals surface area contributed by atoms with Crippen molar-refractivity contribution in [1.82, 2.24) is 0 Å². The second-order valence-electron chi connectivity index (χ2n) is 5.08. The Morgan fingerprint density at radius 3 is 2.33 bits per heavy atom. The van der Waals surface area contributed by atoms with Gasteiger partial charge in [0.25, 0.3) is 0 Å². The Kier molecular flexibility index (Phi) is 7.39. The van der Waals surface area contributed by atoms with Crippen LogP contribution in [0.15, 0.2) is 0 Å². The lowest BCUT2D eigenvalue weighted by Gasteiger charge is -2.15. The van der Waals surface area contributed by atoms with Gasteiger partial charge in [-0.25, -0.2) is 4.79 Å². The number of carbonyl (C=O) groups excluding carboxylic acids is 1. The minimum atomic E-state index is -0.280. The van der Waals surface area contributed by atoms with Crippen molar-refractivity contribution in [1.29, 1.82) is 0 Å². The normalized spacial score (nSPS) is 11.5. The first-order valence-electron chi connectivity index (χ1n) is 5.78. The molecule has 0 saturated heterocycles. The monoisotopic (exact) mass is 216 g/mol. The van der Waals surface area contributed by atoms with Crippen LogP contribution in [0, 0.1) is 5.41 Å². The van der Waals surface area contributed by atoms with Crippen LogP contribution in [0.3, 0.4) is 0 Å². The van der Waals surface area contributed by atoms with E-state index in [2.05, 4.69) is 11.8 Å². The lowest BCUT2D eigenvalue weighted by Crippen LogP contribution is -2.15. The number of carbonyl (C=O) groups is 1. The van der Waals surface area contributed by atoms with Crippen LogP contribution in [0.1, 0.15) is 59.8 Å². The standard InChI is InChI=1S/C12H24O3/c1-5-6-7-8-9-14-15-11(13)10-12(2,3)4/h5-10H2,1-4H3. The molecule has 15 heavy (non-hydrogen) atoms. The molecule has 0 N–H and O–H groups in total. The van der Waals surface area contributed by atoms with Gasteiger partial charge in [-0.15, -0.1) is 0 Å². The average molecular weight is 216 g/mol. The van der Waals surface area contributed by atoms with Gasteiger partial charge in [0.2, 0.25) is 0 Å². The molecular formula is C12H24O3. The van der Waals surface area contributed by atoms with Gasteiger partial charge in [-0.2, -0.15) is 4.89 Å². The predicted octanol–water partition coefficient (Wildman–Crippen LogP) is 3.48. The average Bonchev–Trinajstić information content (AvgIpc) is 2.08. The Labute approximate surface area is 93.1 Å². The van der Waals surface area contributed by atoms with Gasteiger partial charge in [0, 0.05) is 0 Å². The first-order chi connectivity index (χ1) is 6.95. The lowest BCUT2D eigenvalue weighted by molar-refractivity contribution is -0.274. The second kappa shape index (κ2) is 7.69. The van der Waals surface area contributed by atoms with Gasteiger partial charge in [0.05, 0.1) is 13.0 Å². The summed E-state index contributed by atoms with van der Waals surface area (Å²) in [5.74, 6) is -0.280. The SMILES string of the molecule is CCCCCCOOC(=O)CC(C)(C)C. The third-order valence-electron chi connectivity index (χ3n) is 1.91. The van der Waals surface area contributed by atoms with Gasteiger partial charge in [-0.1, -0.05) is 47.0 Å². The van der Waals surface area contributed by atoms with Crippen LogP contribution in [0.4, 0.5) is 0 Å². The first kappa shape index (κ1) is 14.4. The van der Waals surface area contributed by atoms with E-state index < -0.39 is 0 Å². The summed E-state index contributed by atoms with van der Waals surface area (Å²) < 4.78 is 0. The van der Waals surface area contributed by atoms with Crippen molar-refractivity contribution >= 4 is 5.97 Å². The molecular weight excluding hydrogens is 192 g/mol. The molecule has 0 spiro atoms. The maximum atomic E-state index is 11.2.